The molecule has 0 radical (unpaired) electrons. The van der Waals surface area contributed by atoms with E-state index >= 15 is 0 Å². The van der Waals surface area contributed by atoms with E-state index in [0.29, 0.717) is 24.2 Å². The van der Waals surface area contributed by atoms with Crippen LogP contribution in [0.5, 0.6) is 6.01 Å². The summed E-state index contributed by atoms with van der Waals surface area (Å²) in [4.78, 5) is 22.9. The fourth-order valence-electron chi connectivity index (χ4n) is 2.85. The molecule has 3 rings (SSSR count). The van der Waals surface area contributed by atoms with Crippen molar-refractivity contribution in [2.24, 2.45) is 0 Å². The number of methoxy groups -OCH3 is 1. The van der Waals surface area contributed by atoms with Crippen LogP contribution in [0.4, 0.5) is 11.5 Å². The Balaban J connectivity index is 1.94. The van der Waals surface area contributed by atoms with Gasteiger partial charge in [-0.25, -0.2) is 0 Å². The molecule has 126 valence electrons. The second-order valence-corrected chi connectivity index (χ2v) is 6.92. The van der Waals surface area contributed by atoms with E-state index in [1.807, 2.05) is 12.1 Å². The Morgan fingerprint density at radius 3 is 2.42 bits per heavy atom. The largest absolute Gasteiger partial charge is 0.467 e. The monoisotopic (exact) mass is 326 g/mol. The van der Waals surface area contributed by atoms with Crippen LogP contribution in [0.3, 0.4) is 0 Å². The third-order valence-corrected chi connectivity index (χ3v) is 4.25. The minimum absolute atomic E-state index is 0.0753. The van der Waals surface area contributed by atoms with Crippen molar-refractivity contribution in [3.8, 4) is 6.01 Å². The van der Waals surface area contributed by atoms with Crippen LogP contribution in [0.15, 0.2) is 24.3 Å². The van der Waals surface area contributed by atoms with Crippen molar-refractivity contribution >= 4 is 17.4 Å². The topological polar surface area (TPSA) is 81.3 Å². The minimum atomic E-state index is -0.167. The standard InChI is InChI=1S/C18H22N4O2/c1-18(2,3)11-5-7-12(8-6-11)22-10-9-13-14(16(22)23)15(19)21-17(20-13)24-4/h5-8H,9-10H2,1-4H3,(H2,19,20,21). The van der Waals surface area contributed by atoms with E-state index in [1.54, 1.807) is 4.90 Å². The number of aromatic nitrogens is 2. The van der Waals surface area contributed by atoms with Gasteiger partial charge in [-0.2, -0.15) is 9.97 Å². The number of nitrogens with two attached hydrogens (primary N) is 1. The van der Waals surface area contributed by atoms with E-state index in [4.69, 9.17) is 10.5 Å². The first kappa shape index (κ1) is 16.2. The molecule has 2 heterocycles. The molecule has 0 spiro atoms. The maximum atomic E-state index is 12.8. The molecule has 6 heteroatoms. The van der Waals surface area contributed by atoms with Gasteiger partial charge in [-0.15, -0.1) is 0 Å². The van der Waals surface area contributed by atoms with Gasteiger partial charge < -0.3 is 15.4 Å². The number of ether oxygens (including phenoxy) is 1. The number of nitrogen functional groups attached to an aromatic ring is 1. The van der Waals surface area contributed by atoms with E-state index in [2.05, 4.69) is 42.9 Å². The summed E-state index contributed by atoms with van der Waals surface area (Å²) >= 11 is 0. The van der Waals surface area contributed by atoms with Gasteiger partial charge in [0.25, 0.3) is 5.91 Å². The number of hydrogen-bond donors (Lipinski definition) is 1. The highest BCUT2D eigenvalue weighted by Gasteiger charge is 2.30. The highest BCUT2D eigenvalue weighted by Crippen LogP contribution is 2.29. The molecule has 1 aliphatic heterocycles. The molecular formula is C18H22N4O2. The predicted octanol–water partition coefficient (Wildman–Crippen LogP) is 2.57. The van der Waals surface area contributed by atoms with Crippen molar-refractivity contribution in [3.05, 3.63) is 41.1 Å². The number of hydrogen-bond acceptors (Lipinski definition) is 5. The van der Waals surface area contributed by atoms with Crippen LogP contribution >= 0.6 is 0 Å². The van der Waals surface area contributed by atoms with E-state index in [9.17, 15) is 4.79 Å². The third-order valence-electron chi connectivity index (χ3n) is 4.25. The van der Waals surface area contributed by atoms with Crippen LogP contribution < -0.4 is 15.4 Å². The van der Waals surface area contributed by atoms with E-state index < -0.39 is 0 Å². The van der Waals surface area contributed by atoms with Crippen molar-refractivity contribution in [2.75, 3.05) is 24.3 Å². The molecule has 1 amide bonds. The van der Waals surface area contributed by atoms with Crippen molar-refractivity contribution in [1.82, 2.24) is 9.97 Å². The fourth-order valence-corrected chi connectivity index (χ4v) is 2.85. The lowest BCUT2D eigenvalue weighted by Gasteiger charge is -2.29. The molecule has 0 fully saturated rings. The van der Waals surface area contributed by atoms with Gasteiger partial charge in [0, 0.05) is 18.7 Å². The molecule has 1 aromatic heterocycles. The summed E-state index contributed by atoms with van der Waals surface area (Å²) in [6.07, 6.45) is 0.616. The molecule has 0 atom stereocenters. The molecule has 0 unspecified atom stereocenters. The molecule has 0 saturated carbocycles. The lowest BCUT2D eigenvalue weighted by Crippen LogP contribution is -2.39. The zero-order valence-corrected chi connectivity index (χ0v) is 14.5. The Kier molecular flexibility index (Phi) is 3.91. The van der Waals surface area contributed by atoms with Gasteiger partial charge in [-0.05, 0) is 23.1 Å². The molecule has 0 bridgehead atoms. The molecular weight excluding hydrogens is 304 g/mol. The molecule has 1 aliphatic rings. The van der Waals surface area contributed by atoms with Gasteiger partial charge in [0.05, 0.1) is 12.8 Å². The zero-order chi connectivity index (χ0) is 17.5. The Morgan fingerprint density at radius 1 is 1.17 bits per heavy atom. The number of rotatable bonds is 2. The van der Waals surface area contributed by atoms with Crippen LogP contribution in [-0.4, -0.2) is 29.5 Å². The summed E-state index contributed by atoms with van der Waals surface area (Å²) in [5.74, 6) is -0.00206. The highest BCUT2D eigenvalue weighted by atomic mass is 16.5. The summed E-state index contributed by atoms with van der Waals surface area (Å²) in [6, 6.07) is 8.27. The van der Waals surface area contributed by atoms with E-state index in [-0.39, 0.29) is 23.2 Å². The molecule has 2 aromatic rings. The second kappa shape index (κ2) is 5.78. The lowest BCUT2D eigenvalue weighted by molar-refractivity contribution is 0.0980. The Hall–Kier alpha value is -2.63. The minimum Gasteiger partial charge on any atom is -0.467 e. The normalized spacial score (nSPS) is 14.5. The number of benzene rings is 1. The van der Waals surface area contributed by atoms with Gasteiger partial charge in [-0.1, -0.05) is 32.9 Å². The predicted molar refractivity (Wildman–Crippen MR) is 93.5 cm³/mol. The van der Waals surface area contributed by atoms with Crippen molar-refractivity contribution in [1.29, 1.82) is 0 Å². The Bertz CT molecular complexity index is 779. The summed E-state index contributed by atoms with van der Waals surface area (Å²) < 4.78 is 5.03. The molecule has 0 aliphatic carbocycles. The summed E-state index contributed by atoms with van der Waals surface area (Å²) in [6.45, 7) is 7.04. The quantitative estimate of drug-likeness (QED) is 0.917. The smallest absolute Gasteiger partial charge is 0.318 e. The SMILES string of the molecule is COc1nc(N)c2c(n1)CCN(c1ccc(C(C)(C)C)cc1)C2=O. The number of anilines is 2. The Morgan fingerprint density at radius 2 is 1.83 bits per heavy atom. The molecule has 6 nitrogen and oxygen atoms in total. The van der Waals surface area contributed by atoms with Gasteiger partial charge in [0.2, 0.25) is 0 Å². The van der Waals surface area contributed by atoms with Crippen molar-refractivity contribution in [2.45, 2.75) is 32.6 Å². The van der Waals surface area contributed by atoms with Crippen LogP contribution in [0.25, 0.3) is 0 Å². The number of carbonyl (C=O) groups is 1. The van der Waals surface area contributed by atoms with Crippen LogP contribution in [0.2, 0.25) is 0 Å². The molecule has 1 aromatic carbocycles. The maximum absolute atomic E-state index is 12.8. The fraction of sp³-hybridized carbons (Fsp3) is 0.389. The van der Waals surface area contributed by atoms with Crippen LogP contribution in [-0.2, 0) is 11.8 Å². The summed E-state index contributed by atoms with van der Waals surface area (Å²) in [5.41, 5.74) is 9.13. The highest BCUT2D eigenvalue weighted by molar-refractivity contribution is 6.10. The van der Waals surface area contributed by atoms with Crippen molar-refractivity contribution < 1.29 is 9.53 Å². The zero-order valence-electron chi connectivity index (χ0n) is 14.5. The molecule has 0 saturated heterocycles. The van der Waals surface area contributed by atoms with Gasteiger partial charge in [0.1, 0.15) is 11.4 Å². The van der Waals surface area contributed by atoms with Gasteiger partial charge in [-0.3, -0.25) is 4.79 Å². The van der Waals surface area contributed by atoms with E-state index in [0.717, 1.165) is 5.69 Å². The summed E-state index contributed by atoms with van der Waals surface area (Å²) in [7, 11) is 1.48. The van der Waals surface area contributed by atoms with Crippen molar-refractivity contribution in [3.63, 3.8) is 0 Å². The number of fused-ring (bicyclic) bond motifs is 1. The molecule has 24 heavy (non-hydrogen) atoms. The average molecular weight is 326 g/mol. The summed E-state index contributed by atoms with van der Waals surface area (Å²) in [5, 5.41) is 0. The Labute approximate surface area is 141 Å². The maximum Gasteiger partial charge on any atom is 0.318 e. The first-order valence-electron chi connectivity index (χ1n) is 7.94. The lowest BCUT2D eigenvalue weighted by atomic mass is 9.87. The molecule has 2 N–H and O–H groups in total. The van der Waals surface area contributed by atoms with Gasteiger partial charge in [0.15, 0.2) is 0 Å². The van der Waals surface area contributed by atoms with E-state index in [1.165, 1.54) is 12.7 Å². The van der Waals surface area contributed by atoms with Crippen LogP contribution in [0, 0.1) is 0 Å². The first-order valence-corrected chi connectivity index (χ1v) is 7.94. The second-order valence-electron chi connectivity index (χ2n) is 6.92. The van der Waals surface area contributed by atoms with Gasteiger partial charge >= 0.3 is 6.01 Å². The average Bonchev–Trinajstić information content (AvgIpc) is 2.54. The third kappa shape index (κ3) is 2.79. The van der Waals surface area contributed by atoms with Crippen LogP contribution in [0.1, 0.15) is 42.4 Å². The first-order chi connectivity index (χ1) is 11.3. The number of nitrogens with zero attached hydrogens (tertiary/aromatic N) is 3. The number of amides is 1. The number of carbonyl (C=O) groups excluding carboxylic acids is 1.